The Labute approximate surface area is 501 Å². The van der Waals surface area contributed by atoms with Crippen LogP contribution in [0.5, 0.6) is 0 Å². The maximum Gasteiger partial charge on any atom is 0.306 e. The lowest BCUT2D eigenvalue weighted by atomic mass is 10.0. The minimum absolute atomic E-state index is 0.104. The lowest BCUT2D eigenvalue weighted by molar-refractivity contribution is -0.167. The van der Waals surface area contributed by atoms with Crippen LogP contribution in [-0.4, -0.2) is 37.2 Å². The summed E-state index contributed by atoms with van der Waals surface area (Å²) in [6.07, 6.45) is 95.1. The molecule has 462 valence electrons. The quantitative estimate of drug-likeness (QED) is 0.0261. The molecule has 0 bridgehead atoms. The van der Waals surface area contributed by atoms with Gasteiger partial charge in [-0.2, -0.15) is 0 Å². The van der Waals surface area contributed by atoms with Gasteiger partial charge in [-0.25, -0.2) is 0 Å². The first-order valence-corrected chi connectivity index (χ1v) is 34.0. The Balaban J connectivity index is 4.42. The van der Waals surface area contributed by atoms with Gasteiger partial charge in [-0.05, 0) is 103 Å². The van der Waals surface area contributed by atoms with Crippen LogP contribution in [0.2, 0.25) is 0 Å². The summed E-state index contributed by atoms with van der Waals surface area (Å²) in [6.45, 7) is 6.38. The van der Waals surface area contributed by atoms with Crippen LogP contribution in [0.15, 0.2) is 122 Å². The Bertz CT molecular complexity index is 1670. The Morgan fingerprint density at radius 2 is 0.494 bits per heavy atom. The van der Waals surface area contributed by atoms with Gasteiger partial charge in [0.15, 0.2) is 6.10 Å². The van der Waals surface area contributed by atoms with Crippen LogP contribution in [0.3, 0.4) is 0 Å². The van der Waals surface area contributed by atoms with Gasteiger partial charge in [-0.15, -0.1) is 0 Å². The number of esters is 3. The number of ether oxygens (including phenoxy) is 3. The number of carbonyl (C=O) groups is 3. The fraction of sp³-hybridized carbons (Fsp3) is 0.693. The number of hydrogen-bond donors (Lipinski definition) is 0. The van der Waals surface area contributed by atoms with Gasteiger partial charge in [-0.1, -0.05) is 316 Å². The van der Waals surface area contributed by atoms with Gasteiger partial charge in [0.1, 0.15) is 13.2 Å². The minimum atomic E-state index is -0.816. The molecule has 0 aliphatic carbocycles. The van der Waals surface area contributed by atoms with Crippen molar-refractivity contribution in [2.45, 2.75) is 322 Å². The zero-order valence-electron chi connectivity index (χ0n) is 53.0. The molecule has 1 unspecified atom stereocenters. The first-order valence-electron chi connectivity index (χ1n) is 34.0. The van der Waals surface area contributed by atoms with Crippen molar-refractivity contribution in [2.75, 3.05) is 13.2 Å². The fourth-order valence-electron chi connectivity index (χ4n) is 9.45. The van der Waals surface area contributed by atoms with Crippen LogP contribution >= 0.6 is 0 Å². The first-order chi connectivity index (χ1) is 40.0. The van der Waals surface area contributed by atoms with Gasteiger partial charge >= 0.3 is 17.9 Å². The fourth-order valence-corrected chi connectivity index (χ4v) is 9.45. The predicted molar refractivity (Wildman–Crippen MR) is 353 cm³/mol. The van der Waals surface area contributed by atoms with Crippen molar-refractivity contribution in [3.05, 3.63) is 122 Å². The van der Waals surface area contributed by atoms with Gasteiger partial charge < -0.3 is 14.2 Å². The molecule has 0 N–H and O–H groups in total. The summed E-state index contributed by atoms with van der Waals surface area (Å²) in [5.41, 5.74) is 0. The van der Waals surface area contributed by atoms with E-state index in [9.17, 15) is 14.4 Å². The second kappa shape index (κ2) is 68.3. The Morgan fingerprint density at radius 3 is 0.802 bits per heavy atom. The second-order valence-corrected chi connectivity index (χ2v) is 22.3. The molecule has 0 rings (SSSR count). The molecule has 81 heavy (non-hydrogen) atoms. The molecule has 0 aliphatic rings. The van der Waals surface area contributed by atoms with Crippen molar-refractivity contribution in [2.24, 2.45) is 0 Å². The molecule has 0 spiro atoms. The predicted octanol–water partition coefficient (Wildman–Crippen LogP) is 23.6. The van der Waals surface area contributed by atoms with E-state index in [-0.39, 0.29) is 37.5 Å². The van der Waals surface area contributed by atoms with Crippen molar-refractivity contribution >= 4 is 17.9 Å². The van der Waals surface area contributed by atoms with E-state index in [0.29, 0.717) is 19.3 Å². The van der Waals surface area contributed by atoms with Crippen LogP contribution in [0, 0.1) is 0 Å². The van der Waals surface area contributed by atoms with Crippen LogP contribution in [0.25, 0.3) is 0 Å². The summed E-state index contributed by atoms with van der Waals surface area (Å²) >= 11 is 0. The molecule has 0 amide bonds. The van der Waals surface area contributed by atoms with Crippen LogP contribution in [0.4, 0.5) is 0 Å². The summed E-state index contributed by atoms with van der Waals surface area (Å²) in [4.78, 5) is 38.4. The molecule has 1 atom stereocenters. The van der Waals surface area contributed by atoms with Crippen molar-refractivity contribution in [3.63, 3.8) is 0 Å². The zero-order valence-corrected chi connectivity index (χ0v) is 53.0. The summed E-state index contributed by atoms with van der Waals surface area (Å²) in [7, 11) is 0. The standard InChI is InChI=1S/C75H126O6/c1-4-7-10-13-16-19-22-25-28-31-33-35-36-37-38-40-41-44-47-50-53-56-59-62-65-68-74(77)80-71-72(70-79-73(76)67-64-61-58-55-52-49-46-43-30-27-24-21-18-15-12-9-6-3)81-75(78)69-66-63-60-57-54-51-48-45-42-39-34-32-29-26-23-20-17-14-11-8-5-2/h8-9,11-12,17-18,20-21,26-27,29-30,34,39,45-46,48-49,55,58,72H,4-7,10,13-16,19,22-25,28,31-33,35-38,40-44,47,50-54,56-57,59-71H2,1-3H3/b11-8-,12-9-,20-17-,21-18-,29-26-,30-27-,39-34-,48-45-,49-46-,58-55-. The van der Waals surface area contributed by atoms with Crippen LogP contribution < -0.4 is 0 Å². The van der Waals surface area contributed by atoms with E-state index in [1.807, 2.05) is 0 Å². The summed E-state index contributed by atoms with van der Waals surface area (Å²) in [5.74, 6) is -0.975. The molecule has 0 heterocycles. The zero-order chi connectivity index (χ0) is 58.5. The molecular formula is C75H126O6. The molecule has 0 aromatic heterocycles. The molecule has 0 aromatic carbocycles. The highest BCUT2D eigenvalue weighted by Crippen LogP contribution is 2.17. The molecule has 0 saturated heterocycles. The normalized spacial score (nSPS) is 12.9. The molecular weight excluding hydrogens is 997 g/mol. The molecule has 0 radical (unpaired) electrons. The second-order valence-electron chi connectivity index (χ2n) is 22.3. The van der Waals surface area contributed by atoms with Crippen LogP contribution in [0.1, 0.15) is 316 Å². The molecule has 6 nitrogen and oxygen atoms in total. The summed E-state index contributed by atoms with van der Waals surface area (Å²) in [5, 5.41) is 0. The van der Waals surface area contributed by atoms with Gasteiger partial charge in [0.05, 0.1) is 0 Å². The lowest BCUT2D eigenvalue weighted by Gasteiger charge is -2.18. The van der Waals surface area contributed by atoms with E-state index in [0.717, 1.165) is 128 Å². The monoisotopic (exact) mass is 1120 g/mol. The molecule has 0 aliphatic heterocycles. The topological polar surface area (TPSA) is 78.9 Å². The maximum absolute atomic E-state index is 12.9. The SMILES string of the molecule is CC/C=C\C/C=C\C/C=C\C/C=C\C/C=C\CCCCCCCC(=O)OC(COC(=O)CCC/C=C\C/C=C\C/C=C\C/C=C\C/C=C\CC)COC(=O)CCCCCCCCCCCCCCCCCCCCCCCCCCC. The van der Waals surface area contributed by atoms with E-state index in [2.05, 4.69) is 142 Å². The van der Waals surface area contributed by atoms with Gasteiger partial charge in [-0.3, -0.25) is 14.4 Å². The molecule has 0 fully saturated rings. The summed E-state index contributed by atoms with van der Waals surface area (Å²) < 4.78 is 16.9. The van der Waals surface area contributed by atoms with Gasteiger partial charge in [0.25, 0.3) is 0 Å². The van der Waals surface area contributed by atoms with Crippen molar-refractivity contribution in [1.29, 1.82) is 0 Å². The maximum atomic E-state index is 12.9. The average molecular weight is 1120 g/mol. The number of carbonyl (C=O) groups excluding carboxylic acids is 3. The third-order valence-electron chi connectivity index (χ3n) is 14.5. The molecule has 0 saturated carbocycles. The van der Waals surface area contributed by atoms with Crippen molar-refractivity contribution in [1.82, 2.24) is 0 Å². The summed E-state index contributed by atoms with van der Waals surface area (Å²) in [6, 6.07) is 0. The lowest BCUT2D eigenvalue weighted by Crippen LogP contribution is -2.30. The third-order valence-corrected chi connectivity index (χ3v) is 14.5. The number of allylic oxidation sites excluding steroid dienone is 20. The highest BCUT2D eigenvalue weighted by molar-refractivity contribution is 5.71. The van der Waals surface area contributed by atoms with E-state index < -0.39 is 6.10 Å². The smallest absolute Gasteiger partial charge is 0.306 e. The average Bonchev–Trinajstić information content (AvgIpc) is 3.47. The van der Waals surface area contributed by atoms with E-state index in [1.165, 1.54) is 141 Å². The number of rotatable bonds is 61. The van der Waals surface area contributed by atoms with Crippen molar-refractivity contribution in [3.8, 4) is 0 Å². The number of hydrogen-bond acceptors (Lipinski definition) is 6. The van der Waals surface area contributed by atoms with Crippen LogP contribution in [-0.2, 0) is 28.6 Å². The van der Waals surface area contributed by atoms with Crippen molar-refractivity contribution < 1.29 is 28.6 Å². The third kappa shape index (κ3) is 66.5. The van der Waals surface area contributed by atoms with Gasteiger partial charge in [0, 0.05) is 19.3 Å². The van der Waals surface area contributed by atoms with E-state index >= 15 is 0 Å². The highest BCUT2D eigenvalue weighted by atomic mass is 16.6. The Morgan fingerprint density at radius 1 is 0.259 bits per heavy atom. The Kier molecular flexibility index (Phi) is 64.8. The highest BCUT2D eigenvalue weighted by Gasteiger charge is 2.19. The number of unbranched alkanes of at least 4 members (excludes halogenated alkanes) is 30. The first kappa shape index (κ1) is 76.8. The minimum Gasteiger partial charge on any atom is -0.462 e. The Hall–Kier alpha value is -4.19. The largest absolute Gasteiger partial charge is 0.462 e. The van der Waals surface area contributed by atoms with Gasteiger partial charge in [0.2, 0.25) is 0 Å². The molecule has 6 heteroatoms. The van der Waals surface area contributed by atoms with E-state index in [4.69, 9.17) is 14.2 Å². The van der Waals surface area contributed by atoms with E-state index in [1.54, 1.807) is 0 Å². The molecule has 0 aromatic rings.